The van der Waals surface area contributed by atoms with Crippen molar-refractivity contribution in [3.05, 3.63) is 71.8 Å². The molecule has 0 fully saturated rings. The number of hydrogen-bond acceptors (Lipinski definition) is 2. The van der Waals surface area contributed by atoms with Crippen LogP contribution in [0.1, 0.15) is 52.7 Å². The van der Waals surface area contributed by atoms with Crippen LogP contribution in [-0.4, -0.2) is 23.2 Å². The van der Waals surface area contributed by atoms with E-state index >= 15 is 0 Å². The highest BCUT2D eigenvalue weighted by atomic mass is 15.1. The third-order valence-electron chi connectivity index (χ3n) is 3.80. The number of nitrogens with one attached hydrogen (secondary N) is 2. The van der Waals surface area contributed by atoms with Crippen molar-refractivity contribution in [3.63, 3.8) is 0 Å². The van der Waals surface area contributed by atoms with Crippen LogP contribution < -0.4 is 10.6 Å². The van der Waals surface area contributed by atoms with Crippen LogP contribution in [0.2, 0.25) is 0 Å². The quantitative estimate of drug-likeness (QED) is 0.769. The van der Waals surface area contributed by atoms with E-state index in [-0.39, 0.29) is 23.2 Å². The Morgan fingerprint density at radius 1 is 0.571 bits per heavy atom. The summed E-state index contributed by atoms with van der Waals surface area (Å²) in [7, 11) is 0. The Labute approximate surface area is 171 Å². The lowest BCUT2D eigenvalue weighted by molar-refractivity contribution is 0.320. The van der Waals surface area contributed by atoms with Gasteiger partial charge >= 0.3 is 0 Å². The van der Waals surface area contributed by atoms with Crippen molar-refractivity contribution in [2.45, 2.75) is 64.7 Å². The summed E-state index contributed by atoms with van der Waals surface area (Å²) in [5.41, 5.74) is 1.85. The van der Waals surface area contributed by atoms with Crippen LogP contribution in [0, 0.1) is 23.7 Å². The second kappa shape index (κ2) is 9.61. The molecular weight excluding hydrogens is 340 g/mol. The molecule has 0 saturated heterocycles. The molecule has 2 atom stereocenters. The molecule has 2 N–H and O–H groups in total. The summed E-state index contributed by atoms with van der Waals surface area (Å²) in [4.78, 5) is 0. The van der Waals surface area contributed by atoms with Crippen molar-refractivity contribution in [3.8, 4) is 23.7 Å². The standard InChI is InChI=1S/C26H32N2/c1-25(2,3)27-23(19-17-21-13-9-7-10-14-21)24(28-26(4,5)6)20-18-22-15-11-8-12-16-22/h7-16,23-24,27-28H,1-6H3/t23-,24-/m1/s1. The predicted molar refractivity (Wildman–Crippen MR) is 120 cm³/mol. The lowest BCUT2D eigenvalue weighted by Crippen LogP contribution is -2.56. The van der Waals surface area contributed by atoms with E-state index in [1.807, 2.05) is 60.7 Å². The Morgan fingerprint density at radius 2 is 0.893 bits per heavy atom. The van der Waals surface area contributed by atoms with Crippen molar-refractivity contribution in [1.82, 2.24) is 10.6 Å². The van der Waals surface area contributed by atoms with E-state index in [0.717, 1.165) is 11.1 Å². The molecular formula is C26H32N2. The molecule has 2 heteroatoms. The summed E-state index contributed by atoms with van der Waals surface area (Å²) in [6, 6.07) is 19.9. The molecule has 0 radical (unpaired) electrons. The molecule has 28 heavy (non-hydrogen) atoms. The highest BCUT2D eigenvalue weighted by Gasteiger charge is 2.26. The van der Waals surface area contributed by atoms with Gasteiger partial charge in [-0.1, -0.05) is 60.1 Å². The largest absolute Gasteiger partial charge is 0.297 e. The molecule has 0 bridgehead atoms. The molecule has 0 spiro atoms. The van der Waals surface area contributed by atoms with Crippen LogP contribution in [-0.2, 0) is 0 Å². The maximum Gasteiger partial charge on any atom is 0.0967 e. The SMILES string of the molecule is CC(C)(C)N[C@H](C#Cc1ccccc1)[C@@H](C#Cc1ccccc1)NC(C)(C)C. The van der Waals surface area contributed by atoms with Gasteiger partial charge in [-0.2, -0.15) is 0 Å². The lowest BCUT2D eigenvalue weighted by atomic mass is 9.98. The lowest BCUT2D eigenvalue weighted by Gasteiger charge is -2.33. The van der Waals surface area contributed by atoms with Crippen LogP contribution in [0.25, 0.3) is 0 Å². The van der Waals surface area contributed by atoms with E-state index in [1.54, 1.807) is 0 Å². The first-order chi connectivity index (χ1) is 13.1. The topological polar surface area (TPSA) is 24.1 Å². The minimum absolute atomic E-state index is 0.0811. The van der Waals surface area contributed by atoms with Gasteiger partial charge < -0.3 is 0 Å². The Hall–Kier alpha value is -2.52. The third kappa shape index (κ3) is 8.45. The maximum atomic E-state index is 3.65. The van der Waals surface area contributed by atoms with Crippen molar-refractivity contribution >= 4 is 0 Å². The number of benzene rings is 2. The zero-order valence-electron chi connectivity index (χ0n) is 17.9. The average molecular weight is 373 g/mol. The van der Waals surface area contributed by atoms with Gasteiger partial charge in [-0.05, 0) is 65.8 Å². The highest BCUT2D eigenvalue weighted by Crippen LogP contribution is 2.09. The van der Waals surface area contributed by atoms with E-state index in [0.29, 0.717) is 0 Å². The number of hydrogen-bond donors (Lipinski definition) is 2. The van der Waals surface area contributed by atoms with E-state index in [4.69, 9.17) is 0 Å². The van der Waals surface area contributed by atoms with Gasteiger partial charge in [0.2, 0.25) is 0 Å². The van der Waals surface area contributed by atoms with Crippen molar-refractivity contribution in [2.75, 3.05) is 0 Å². The molecule has 2 nitrogen and oxygen atoms in total. The number of rotatable bonds is 3. The fourth-order valence-corrected chi connectivity index (χ4v) is 2.70. The Kier molecular flexibility index (Phi) is 7.47. The van der Waals surface area contributed by atoms with E-state index in [2.05, 4.69) is 75.9 Å². The van der Waals surface area contributed by atoms with E-state index in [9.17, 15) is 0 Å². The minimum Gasteiger partial charge on any atom is -0.297 e. The first-order valence-corrected chi connectivity index (χ1v) is 9.81. The first-order valence-electron chi connectivity index (χ1n) is 9.81. The summed E-state index contributed by atoms with van der Waals surface area (Å²) in [5.74, 6) is 13.5. The maximum absolute atomic E-state index is 3.65. The predicted octanol–water partition coefficient (Wildman–Crippen LogP) is 4.60. The van der Waals surface area contributed by atoms with Gasteiger partial charge in [0.25, 0.3) is 0 Å². The molecule has 0 aliphatic rings. The van der Waals surface area contributed by atoms with Gasteiger partial charge in [0, 0.05) is 22.2 Å². The summed E-state index contributed by atoms with van der Waals surface area (Å²) >= 11 is 0. The zero-order valence-corrected chi connectivity index (χ0v) is 17.9. The summed E-state index contributed by atoms with van der Waals surface area (Å²) in [6.45, 7) is 12.9. The Morgan fingerprint density at radius 3 is 1.18 bits per heavy atom. The first kappa shape index (κ1) is 21.8. The van der Waals surface area contributed by atoms with Gasteiger partial charge in [0.1, 0.15) is 0 Å². The molecule has 0 heterocycles. The van der Waals surface area contributed by atoms with Gasteiger partial charge in [0.15, 0.2) is 0 Å². The monoisotopic (exact) mass is 372 g/mol. The third-order valence-corrected chi connectivity index (χ3v) is 3.80. The fraction of sp³-hybridized carbons (Fsp3) is 0.385. The second-order valence-electron chi connectivity index (χ2n) is 9.01. The van der Waals surface area contributed by atoms with Gasteiger partial charge in [0.05, 0.1) is 12.1 Å². The van der Waals surface area contributed by atoms with Gasteiger partial charge in [-0.25, -0.2) is 0 Å². The molecule has 0 aliphatic carbocycles. The highest BCUT2D eigenvalue weighted by molar-refractivity contribution is 5.39. The molecule has 0 saturated carbocycles. The summed E-state index contributed by atoms with van der Waals surface area (Å²) in [5, 5.41) is 7.29. The molecule has 0 amide bonds. The van der Waals surface area contributed by atoms with Gasteiger partial charge in [-0.3, -0.25) is 10.6 Å². The molecule has 0 aromatic heterocycles. The Balaban J connectivity index is 2.39. The van der Waals surface area contributed by atoms with Crippen LogP contribution in [0.4, 0.5) is 0 Å². The van der Waals surface area contributed by atoms with Gasteiger partial charge in [-0.15, -0.1) is 0 Å². The second-order valence-corrected chi connectivity index (χ2v) is 9.01. The molecule has 146 valence electrons. The molecule has 2 aromatic carbocycles. The summed E-state index contributed by atoms with van der Waals surface area (Å²) < 4.78 is 0. The van der Waals surface area contributed by atoms with E-state index in [1.165, 1.54) is 0 Å². The molecule has 0 aliphatic heterocycles. The molecule has 2 rings (SSSR count). The normalized spacial score (nSPS) is 13.5. The summed E-state index contributed by atoms with van der Waals surface area (Å²) in [6.07, 6.45) is 0. The minimum atomic E-state index is -0.115. The van der Waals surface area contributed by atoms with Crippen LogP contribution >= 0.6 is 0 Å². The fourth-order valence-electron chi connectivity index (χ4n) is 2.70. The van der Waals surface area contributed by atoms with Crippen molar-refractivity contribution in [1.29, 1.82) is 0 Å². The molecule has 0 unspecified atom stereocenters. The van der Waals surface area contributed by atoms with Crippen LogP contribution in [0.15, 0.2) is 60.7 Å². The van der Waals surface area contributed by atoms with E-state index < -0.39 is 0 Å². The van der Waals surface area contributed by atoms with Crippen LogP contribution in [0.3, 0.4) is 0 Å². The van der Waals surface area contributed by atoms with Crippen LogP contribution in [0.5, 0.6) is 0 Å². The zero-order chi connectivity index (χ0) is 20.6. The average Bonchev–Trinajstić information content (AvgIpc) is 2.62. The van der Waals surface area contributed by atoms with Crippen molar-refractivity contribution < 1.29 is 0 Å². The Bertz CT molecular complexity index is 772. The molecule has 2 aromatic rings. The smallest absolute Gasteiger partial charge is 0.0967 e. The van der Waals surface area contributed by atoms with Crippen molar-refractivity contribution in [2.24, 2.45) is 0 Å².